The zero-order valence-electron chi connectivity index (χ0n) is 17.3. The molecular weight excluding hydrogens is 433 g/mol. The van der Waals surface area contributed by atoms with Crippen LogP contribution in [0.5, 0.6) is 0 Å². The van der Waals surface area contributed by atoms with Crippen molar-refractivity contribution in [3.63, 3.8) is 0 Å². The van der Waals surface area contributed by atoms with E-state index >= 15 is 0 Å². The molecule has 31 heavy (non-hydrogen) atoms. The molecule has 158 valence electrons. The van der Waals surface area contributed by atoms with E-state index in [1.165, 1.54) is 5.56 Å². The average Bonchev–Trinajstić information content (AvgIpc) is 2.76. The van der Waals surface area contributed by atoms with E-state index in [2.05, 4.69) is 19.9 Å². The van der Waals surface area contributed by atoms with Crippen molar-refractivity contribution in [3.05, 3.63) is 81.3 Å². The molecule has 2 aliphatic rings. The molecule has 0 aromatic carbocycles. The number of pyridine rings is 2. The monoisotopic (exact) mass is 453 g/mol. The van der Waals surface area contributed by atoms with Crippen molar-refractivity contribution in [2.24, 2.45) is 0 Å². The predicted octanol–water partition coefficient (Wildman–Crippen LogP) is 4.60. The summed E-state index contributed by atoms with van der Waals surface area (Å²) in [4.78, 5) is 30.7. The van der Waals surface area contributed by atoms with Crippen molar-refractivity contribution in [1.82, 2.24) is 24.8 Å². The summed E-state index contributed by atoms with van der Waals surface area (Å²) in [5.74, 6) is -0.00236. The van der Waals surface area contributed by atoms with E-state index < -0.39 is 0 Å². The van der Waals surface area contributed by atoms with Crippen LogP contribution in [0.15, 0.2) is 48.6 Å². The summed E-state index contributed by atoms with van der Waals surface area (Å²) in [5.41, 5.74) is 6.50. The molecule has 0 atom stereocenters. The van der Waals surface area contributed by atoms with Gasteiger partial charge in [0.2, 0.25) is 5.78 Å². The molecule has 0 aliphatic heterocycles. The van der Waals surface area contributed by atoms with Crippen LogP contribution in [0, 0.1) is 0 Å². The van der Waals surface area contributed by atoms with Crippen LogP contribution >= 0.6 is 23.2 Å². The first-order valence-electron chi connectivity index (χ1n) is 9.94. The summed E-state index contributed by atoms with van der Waals surface area (Å²) >= 11 is 11.7. The van der Waals surface area contributed by atoms with Crippen LogP contribution in [0.3, 0.4) is 0 Å². The van der Waals surface area contributed by atoms with E-state index in [0.29, 0.717) is 16.0 Å². The first-order chi connectivity index (χ1) is 14.9. The lowest BCUT2D eigenvalue weighted by atomic mass is 9.91. The maximum absolute atomic E-state index is 12.1. The number of ketones is 1. The fraction of sp³-hybridized carbons (Fsp3) is 0.261. The standard InChI is InChI=1S/C12H13ClN2O.C11H8ClN3/c1-15(2)7-9-4-3-8-5-6-10(13)14-11(8)12(9)16;12-9-4-3-7-1-2-8-5-13-6-14-10(8)11(7)15-9/h5-7H,3-4H2,1-2H3;3-6H,1-2H2/b9-7+;. The number of rotatable bonds is 1. The van der Waals surface area contributed by atoms with Crippen LogP contribution in [0.1, 0.15) is 33.6 Å². The third kappa shape index (κ3) is 4.75. The molecule has 6 nitrogen and oxygen atoms in total. The topological polar surface area (TPSA) is 71.9 Å². The van der Waals surface area contributed by atoms with Gasteiger partial charge in [0.1, 0.15) is 22.3 Å². The SMILES string of the molecule is CN(C)/C=C1\CCc2ccc(Cl)nc2C1=O.Clc1ccc2c(n1)-c1ncncc1CC2. The van der Waals surface area contributed by atoms with E-state index in [1.807, 2.05) is 49.6 Å². The van der Waals surface area contributed by atoms with Crippen molar-refractivity contribution in [1.29, 1.82) is 0 Å². The van der Waals surface area contributed by atoms with Gasteiger partial charge in [-0.1, -0.05) is 35.3 Å². The Morgan fingerprint density at radius 3 is 2.16 bits per heavy atom. The fourth-order valence-corrected chi connectivity index (χ4v) is 4.02. The van der Waals surface area contributed by atoms with E-state index in [-0.39, 0.29) is 5.78 Å². The molecule has 0 saturated heterocycles. The molecule has 0 spiro atoms. The van der Waals surface area contributed by atoms with E-state index in [4.69, 9.17) is 23.2 Å². The number of halogens is 2. The summed E-state index contributed by atoms with van der Waals surface area (Å²) in [7, 11) is 3.81. The number of Topliss-reactive ketones (excluding diaryl/α,β-unsaturated/α-hetero) is 1. The highest BCUT2D eigenvalue weighted by Gasteiger charge is 2.23. The minimum Gasteiger partial charge on any atom is -0.383 e. The fourth-order valence-electron chi connectivity index (χ4n) is 3.73. The molecule has 3 aromatic heterocycles. The van der Waals surface area contributed by atoms with Gasteiger partial charge in [-0.05, 0) is 54.5 Å². The second-order valence-corrected chi connectivity index (χ2v) is 8.40. The number of aryl methyl sites for hydroxylation is 3. The van der Waals surface area contributed by atoms with Crippen LogP contribution in [0.25, 0.3) is 11.4 Å². The molecule has 2 aliphatic carbocycles. The van der Waals surface area contributed by atoms with Crippen LogP contribution in [-0.2, 0) is 19.3 Å². The quantitative estimate of drug-likeness (QED) is 0.395. The Hall–Kier alpha value is -2.83. The Balaban J connectivity index is 0.000000149. The minimum atomic E-state index is -0.00236. The first kappa shape index (κ1) is 21.4. The van der Waals surface area contributed by atoms with Gasteiger partial charge in [-0.15, -0.1) is 0 Å². The van der Waals surface area contributed by atoms with E-state index in [1.54, 1.807) is 12.4 Å². The molecule has 0 fully saturated rings. The lowest BCUT2D eigenvalue weighted by Gasteiger charge is -2.18. The number of aromatic nitrogens is 4. The van der Waals surface area contributed by atoms with Crippen molar-refractivity contribution in [2.45, 2.75) is 25.7 Å². The number of hydrogen-bond donors (Lipinski definition) is 0. The second-order valence-electron chi connectivity index (χ2n) is 7.63. The molecule has 0 saturated carbocycles. The maximum Gasteiger partial charge on any atom is 0.209 e. The van der Waals surface area contributed by atoms with Gasteiger partial charge in [0.05, 0.1) is 11.4 Å². The smallest absolute Gasteiger partial charge is 0.209 e. The Morgan fingerprint density at radius 1 is 0.839 bits per heavy atom. The number of hydrogen-bond acceptors (Lipinski definition) is 6. The van der Waals surface area contributed by atoms with Crippen molar-refractivity contribution in [2.75, 3.05) is 14.1 Å². The highest BCUT2D eigenvalue weighted by Crippen LogP contribution is 2.30. The number of carbonyl (C=O) groups is 1. The third-order valence-corrected chi connectivity index (χ3v) is 5.57. The van der Waals surface area contributed by atoms with Gasteiger partial charge in [0, 0.05) is 32.1 Å². The second kappa shape index (κ2) is 9.12. The van der Waals surface area contributed by atoms with Crippen molar-refractivity contribution >= 4 is 29.0 Å². The summed E-state index contributed by atoms with van der Waals surface area (Å²) in [6, 6.07) is 7.46. The van der Waals surface area contributed by atoms with E-state index in [9.17, 15) is 4.79 Å². The maximum atomic E-state index is 12.1. The normalized spacial score (nSPS) is 15.4. The zero-order valence-corrected chi connectivity index (χ0v) is 18.8. The molecule has 0 radical (unpaired) electrons. The summed E-state index contributed by atoms with van der Waals surface area (Å²) in [6.45, 7) is 0. The Bertz CT molecular complexity index is 1180. The predicted molar refractivity (Wildman–Crippen MR) is 121 cm³/mol. The highest BCUT2D eigenvalue weighted by atomic mass is 35.5. The number of fused-ring (bicyclic) bond motifs is 4. The Morgan fingerprint density at radius 2 is 1.45 bits per heavy atom. The highest BCUT2D eigenvalue weighted by molar-refractivity contribution is 6.30. The summed E-state index contributed by atoms with van der Waals surface area (Å²) in [5, 5.41) is 0.887. The average molecular weight is 454 g/mol. The van der Waals surface area contributed by atoms with Crippen molar-refractivity contribution in [3.8, 4) is 11.4 Å². The Kier molecular flexibility index (Phi) is 6.30. The molecular formula is C23H21Cl2N5O. The van der Waals surface area contributed by atoms with E-state index in [0.717, 1.165) is 53.8 Å². The molecule has 8 heteroatoms. The van der Waals surface area contributed by atoms with Crippen LogP contribution in [0.4, 0.5) is 0 Å². The van der Waals surface area contributed by atoms with Crippen molar-refractivity contribution < 1.29 is 4.79 Å². The molecule has 5 rings (SSSR count). The molecule has 0 unspecified atom stereocenters. The van der Waals surface area contributed by atoms with Gasteiger partial charge in [-0.2, -0.15) is 0 Å². The molecule has 0 amide bonds. The third-order valence-electron chi connectivity index (χ3n) is 5.15. The minimum absolute atomic E-state index is 0.00236. The largest absolute Gasteiger partial charge is 0.383 e. The van der Waals surface area contributed by atoms with Gasteiger partial charge >= 0.3 is 0 Å². The summed E-state index contributed by atoms with van der Waals surface area (Å²) in [6.07, 6.45) is 8.85. The van der Waals surface area contributed by atoms with Gasteiger partial charge in [-0.3, -0.25) is 4.79 Å². The van der Waals surface area contributed by atoms with Crippen LogP contribution < -0.4 is 0 Å². The number of nitrogens with zero attached hydrogens (tertiary/aromatic N) is 5. The van der Waals surface area contributed by atoms with Gasteiger partial charge in [0.15, 0.2) is 0 Å². The molecule has 3 aromatic rings. The van der Waals surface area contributed by atoms with Gasteiger partial charge in [0.25, 0.3) is 0 Å². The first-order valence-corrected chi connectivity index (χ1v) is 10.7. The molecule has 0 N–H and O–H groups in total. The van der Waals surface area contributed by atoms with Crippen LogP contribution in [-0.4, -0.2) is 44.7 Å². The lowest BCUT2D eigenvalue weighted by Crippen LogP contribution is -2.18. The number of allylic oxidation sites excluding steroid dienone is 1. The van der Waals surface area contributed by atoms with Gasteiger partial charge in [-0.25, -0.2) is 19.9 Å². The Labute approximate surface area is 191 Å². The molecule has 3 heterocycles. The zero-order chi connectivity index (χ0) is 22.0. The molecule has 0 bridgehead atoms. The van der Waals surface area contributed by atoms with Crippen LogP contribution in [0.2, 0.25) is 10.3 Å². The lowest BCUT2D eigenvalue weighted by molar-refractivity contribution is 0.101. The summed E-state index contributed by atoms with van der Waals surface area (Å²) < 4.78 is 0. The number of carbonyl (C=O) groups excluding carboxylic acids is 1. The van der Waals surface area contributed by atoms with Gasteiger partial charge < -0.3 is 4.90 Å².